The molecule has 12 heteroatoms. The molecule has 3 heterocycles. The number of anilines is 1. The number of morpholine rings is 1. The molecule has 0 aliphatic carbocycles. The number of carbonyl (C=O) groups excluding carboxylic acids is 2. The SMILES string of the molecule is COc1ccc2c(c1)C(NC(=O)Cn1ncc(Cl)c(Cl)c1=O)C(=O)N2CCN1CCOCC1. The number of aromatic nitrogens is 2. The summed E-state index contributed by atoms with van der Waals surface area (Å²) in [5.41, 5.74) is 0.652. The fourth-order valence-electron chi connectivity index (χ4n) is 3.88. The van der Waals surface area contributed by atoms with Gasteiger partial charge in [0.25, 0.3) is 11.5 Å². The number of nitrogens with one attached hydrogen (secondary N) is 1. The fourth-order valence-corrected chi connectivity index (χ4v) is 4.15. The Balaban J connectivity index is 1.52. The highest BCUT2D eigenvalue weighted by Gasteiger charge is 2.38. The van der Waals surface area contributed by atoms with Crippen molar-refractivity contribution in [1.29, 1.82) is 0 Å². The zero-order chi connectivity index (χ0) is 23.5. The number of carbonyl (C=O) groups is 2. The number of ether oxygens (including phenoxy) is 2. The number of amides is 2. The minimum Gasteiger partial charge on any atom is -0.497 e. The second-order valence-corrected chi connectivity index (χ2v) is 8.42. The van der Waals surface area contributed by atoms with Crippen LogP contribution < -0.4 is 20.5 Å². The van der Waals surface area contributed by atoms with Gasteiger partial charge in [-0.2, -0.15) is 5.10 Å². The van der Waals surface area contributed by atoms with Gasteiger partial charge in [0.2, 0.25) is 5.91 Å². The van der Waals surface area contributed by atoms with Crippen LogP contribution in [0.25, 0.3) is 0 Å². The van der Waals surface area contributed by atoms with Crippen molar-refractivity contribution in [3.05, 3.63) is 50.4 Å². The van der Waals surface area contributed by atoms with Gasteiger partial charge in [-0.3, -0.25) is 19.3 Å². The van der Waals surface area contributed by atoms with Crippen LogP contribution in [0.1, 0.15) is 11.6 Å². The molecular formula is C21H23Cl2N5O5. The second kappa shape index (κ2) is 10.1. The summed E-state index contributed by atoms with van der Waals surface area (Å²) in [5, 5.41) is 6.33. The third kappa shape index (κ3) is 4.98. The van der Waals surface area contributed by atoms with E-state index in [-0.39, 0.29) is 16.0 Å². The number of hydrogen-bond acceptors (Lipinski definition) is 7. The van der Waals surface area contributed by atoms with Gasteiger partial charge in [-0.25, -0.2) is 4.68 Å². The molecule has 2 aliphatic rings. The third-order valence-corrected chi connectivity index (χ3v) is 6.38. The zero-order valence-corrected chi connectivity index (χ0v) is 19.4. The van der Waals surface area contributed by atoms with Gasteiger partial charge in [0.15, 0.2) is 0 Å². The Hall–Kier alpha value is -2.66. The summed E-state index contributed by atoms with van der Waals surface area (Å²) in [6, 6.07) is 4.40. The topological polar surface area (TPSA) is 106 Å². The van der Waals surface area contributed by atoms with Crippen molar-refractivity contribution in [2.24, 2.45) is 0 Å². The molecule has 0 saturated carbocycles. The lowest BCUT2D eigenvalue weighted by atomic mass is 10.1. The highest BCUT2D eigenvalue weighted by Crippen LogP contribution is 2.38. The van der Waals surface area contributed by atoms with E-state index in [9.17, 15) is 14.4 Å². The molecule has 2 aromatic rings. The standard InChI is InChI=1S/C21H23Cl2N5O5/c1-32-13-2-3-16-14(10-13)19(21(31)27(16)5-4-26-6-8-33-9-7-26)25-17(29)12-28-20(30)18(23)15(22)11-24-28/h2-3,10-11,19H,4-9,12H2,1H3,(H,25,29). The lowest BCUT2D eigenvalue weighted by Crippen LogP contribution is -2.44. The summed E-state index contributed by atoms with van der Waals surface area (Å²) < 4.78 is 11.6. The molecule has 0 spiro atoms. The van der Waals surface area contributed by atoms with Gasteiger partial charge in [-0.15, -0.1) is 0 Å². The molecule has 33 heavy (non-hydrogen) atoms. The normalized spacial score (nSPS) is 18.3. The molecule has 1 aromatic carbocycles. The van der Waals surface area contributed by atoms with E-state index in [1.807, 2.05) is 6.07 Å². The molecule has 0 radical (unpaired) electrons. The number of methoxy groups -OCH3 is 1. The molecule has 0 bridgehead atoms. The summed E-state index contributed by atoms with van der Waals surface area (Å²) in [4.78, 5) is 42.1. The molecule has 2 amide bonds. The maximum atomic E-state index is 13.3. The largest absolute Gasteiger partial charge is 0.497 e. The van der Waals surface area contributed by atoms with E-state index >= 15 is 0 Å². The van der Waals surface area contributed by atoms with E-state index in [1.165, 1.54) is 13.3 Å². The van der Waals surface area contributed by atoms with E-state index in [4.69, 9.17) is 32.7 Å². The van der Waals surface area contributed by atoms with Crippen molar-refractivity contribution >= 4 is 40.7 Å². The Morgan fingerprint density at radius 2 is 2.00 bits per heavy atom. The molecule has 1 saturated heterocycles. The first-order valence-corrected chi connectivity index (χ1v) is 11.1. The molecule has 1 unspecified atom stereocenters. The van der Waals surface area contributed by atoms with Crippen molar-refractivity contribution in [2.75, 3.05) is 51.4 Å². The van der Waals surface area contributed by atoms with Gasteiger partial charge < -0.3 is 19.7 Å². The summed E-state index contributed by atoms with van der Waals surface area (Å²) in [5.74, 6) is -0.252. The molecule has 4 rings (SSSR count). The second-order valence-electron chi connectivity index (χ2n) is 7.64. The highest BCUT2D eigenvalue weighted by molar-refractivity contribution is 6.41. The molecule has 176 valence electrons. The van der Waals surface area contributed by atoms with Crippen LogP contribution in [-0.4, -0.2) is 73.0 Å². The van der Waals surface area contributed by atoms with E-state index in [2.05, 4.69) is 15.3 Å². The van der Waals surface area contributed by atoms with Gasteiger partial charge in [0.1, 0.15) is 23.4 Å². The molecular weight excluding hydrogens is 473 g/mol. The summed E-state index contributed by atoms with van der Waals surface area (Å²) in [6.45, 7) is 3.70. The Morgan fingerprint density at radius 3 is 2.73 bits per heavy atom. The van der Waals surface area contributed by atoms with Gasteiger partial charge in [0.05, 0.1) is 31.5 Å². The van der Waals surface area contributed by atoms with E-state index < -0.39 is 24.1 Å². The predicted octanol–water partition coefficient (Wildman–Crippen LogP) is 1.09. The van der Waals surface area contributed by atoms with Crippen LogP contribution >= 0.6 is 23.2 Å². The van der Waals surface area contributed by atoms with Crippen LogP contribution in [0.2, 0.25) is 10.0 Å². The van der Waals surface area contributed by atoms with Crippen molar-refractivity contribution < 1.29 is 19.1 Å². The Kier molecular flexibility index (Phi) is 7.18. The number of nitrogens with zero attached hydrogens (tertiary/aromatic N) is 4. The zero-order valence-electron chi connectivity index (χ0n) is 17.9. The fraction of sp³-hybridized carbons (Fsp3) is 0.429. The summed E-state index contributed by atoms with van der Waals surface area (Å²) in [6.07, 6.45) is 1.19. The van der Waals surface area contributed by atoms with Gasteiger partial charge in [0, 0.05) is 37.4 Å². The molecule has 10 nitrogen and oxygen atoms in total. The number of benzene rings is 1. The molecule has 1 fully saturated rings. The predicted molar refractivity (Wildman–Crippen MR) is 122 cm³/mol. The molecule has 1 aromatic heterocycles. The smallest absolute Gasteiger partial charge is 0.287 e. The van der Waals surface area contributed by atoms with E-state index in [0.717, 1.165) is 17.8 Å². The molecule has 1 atom stereocenters. The van der Waals surface area contributed by atoms with Crippen LogP contribution in [0.4, 0.5) is 5.69 Å². The third-order valence-electron chi connectivity index (χ3n) is 5.63. The molecule has 1 N–H and O–H groups in total. The number of rotatable bonds is 7. The quantitative estimate of drug-likeness (QED) is 0.612. The number of fused-ring (bicyclic) bond motifs is 1. The highest BCUT2D eigenvalue weighted by atomic mass is 35.5. The van der Waals surface area contributed by atoms with Crippen molar-refractivity contribution in [3.63, 3.8) is 0 Å². The minimum absolute atomic E-state index is 0.00114. The lowest BCUT2D eigenvalue weighted by molar-refractivity contribution is -0.127. The van der Waals surface area contributed by atoms with Gasteiger partial charge in [-0.1, -0.05) is 23.2 Å². The maximum Gasteiger partial charge on any atom is 0.287 e. The van der Waals surface area contributed by atoms with Crippen LogP contribution in [0.15, 0.2) is 29.2 Å². The monoisotopic (exact) mass is 495 g/mol. The van der Waals surface area contributed by atoms with Crippen molar-refractivity contribution in [1.82, 2.24) is 20.0 Å². The lowest BCUT2D eigenvalue weighted by Gasteiger charge is -2.28. The Labute approximate surface area is 199 Å². The maximum absolute atomic E-state index is 13.3. The van der Waals surface area contributed by atoms with Crippen LogP contribution in [-0.2, 0) is 20.9 Å². The van der Waals surface area contributed by atoms with Crippen molar-refractivity contribution in [3.8, 4) is 5.75 Å². The Bertz CT molecular complexity index is 1120. The average molecular weight is 496 g/mol. The minimum atomic E-state index is -0.911. The van der Waals surface area contributed by atoms with Crippen LogP contribution in [0.3, 0.4) is 0 Å². The molecule has 2 aliphatic heterocycles. The van der Waals surface area contributed by atoms with Gasteiger partial charge in [-0.05, 0) is 18.2 Å². The first kappa shape index (κ1) is 23.5. The van der Waals surface area contributed by atoms with E-state index in [1.54, 1.807) is 17.0 Å². The van der Waals surface area contributed by atoms with Gasteiger partial charge >= 0.3 is 0 Å². The van der Waals surface area contributed by atoms with Crippen molar-refractivity contribution in [2.45, 2.75) is 12.6 Å². The summed E-state index contributed by atoms with van der Waals surface area (Å²) in [7, 11) is 1.53. The number of hydrogen-bond donors (Lipinski definition) is 1. The van der Waals surface area contributed by atoms with Crippen LogP contribution in [0, 0.1) is 0 Å². The van der Waals surface area contributed by atoms with Crippen LogP contribution in [0.5, 0.6) is 5.75 Å². The first-order valence-electron chi connectivity index (χ1n) is 10.4. The van der Waals surface area contributed by atoms with E-state index in [0.29, 0.717) is 43.3 Å². The number of halogens is 2. The summed E-state index contributed by atoms with van der Waals surface area (Å²) >= 11 is 11.6. The Morgan fingerprint density at radius 1 is 1.24 bits per heavy atom. The first-order chi connectivity index (χ1) is 15.9. The average Bonchev–Trinajstić information content (AvgIpc) is 3.08.